The Morgan fingerprint density at radius 3 is 2.44 bits per heavy atom. The van der Waals surface area contributed by atoms with Gasteiger partial charge in [0.25, 0.3) is 0 Å². The van der Waals surface area contributed by atoms with Gasteiger partial charge in [-0.2, -0.15) is 0 Å². The third-order valence-corrected chi connectivity index (χ3v) is 4.87. The number of halogens is 1. The Morgan fingerprint density at radius 1 is 1.33 bits per heavy atom. The van der Waals surface area contributed by atoms with E-state index in [0.29, 0.717) is 44.7 Å². The van der Waals surface area contributed by atoms with Crippen molar-refractivity contribution in [1.82, 2.24) is 9.62 Å². The maximum atomic E-state index is 11.8. The van der Waals surface area contributed by atoms with E-state index in [2.05, 4.69) is 4.72 Å². The molecule has 1 heterocycles. The van der Waals surface area contributed by atoms with Crippen LogP contribution < -0.4 is 4.72 Å². The van der Waals surface area contributed by atoms with E-state index in [-0.39, 0.29) is 17.7 Å². The maximum Gasteiger partial charge on any atom is 0.219 e. The molecule has 0 saturated carbocycles. The minimum absolute atomic E-state index is 0.0402. The second-order valence-electron chi connectivity index (χ2n) is 4.61. The molecule has 0 aromatic rings. The molecule has 1 fully saturated rings. The molecule has 0 atom stereocenters. The van der Waals surface area contributed by atoms with Crippen molar-refractivity contribution in [2.75, 3.05) is 24.7 Å². The summed E-state index contributed by atoms with van der Waals surface area (Å²) < 4.78 is 26.2. The number of sulfonamides is 1. The summed E-state index contributed by atoms with van der Waals surface area (Å²) in [7, 11) is -3.20. The monoisotopic (exact) mass is 296 g/mol. The molecule has 18 heavy (non-hydrogen) atoms. The number of nitrogens with one attached hydrogen (secondary N) is 1. The summed E-state index contributed by atoms with van der Waals surface area (Å²) in [6, 6.07) is -0.0402. The van der Waals surface area contributed by atoms with Crippen LogP contribution in [-0.4, -0.2) is 50.0 Å². The first-order chi connectivity index (χ1) is 8.44. The zero-order valence-electron chi connectivity index (χ0n) is 10.7. The molecule has 1 saturated heterocycles. The smallest absolute Gasteiger partial charge is 0.219 e. The van der Waals surface area contributed by atoms with Gasteiger partial charge in [0.05, 0.1) is 5.75 Å². The fourth-order valence-electron chi connectivity index (χ4n) is 2.01. The summed E-state index contributed by atoms with van der Waals surface area (Å²) in [5.74, 6) is 0.678. The number of amides is 1. The highest BCUT2D eigenvalue weighted by atomic mass is 35.5. The van der Waals surface area contributed by atoms with E-state index in [1.54, 1.807) is 4.90 Å². The van der Waals surface area contributed by atoms with Gasteiger partial charge in [-0.1, -0.05) is 0 Å². The lowest BCUT2D eigenvalue weighted by molar-refractivity contribution is -0.129. The summed E-state index contributed by atoms with van der Waals surface area (Å²) in [5.41, 5.74) is 0. The van der Waals surface area contributed by atoms with Gasteiger partial charge in [-0.05, 0) is 25.7 Å². The van der Waals surface area contributed by atoms with Crippen LogP contribution in [0.4, 0.5) is 0 Å². The Balaban J connectivity index is 2.33. The predicted octanol–water partition coefficient (Wildman–Crippen LogP) is 0.936. The molecule has 1 N–H and O–H groups in total. The highest BCUT2D eigenvalue weighted by Crippen LogP contribution is 2.11. The number of carbonyl (C=O) groups is 1. The van der Waals surface area contributed by atoms with Crippen LogP contribution in [0.3, 0.4) is 0 Å². The molecular formula is C11H21ClN2O3S. The number of likely N-dealkylation sites (tertiary alicyclic amines) is 1. The Bertz CT molecular complexity index is 364. The zero-order valence-corrected chi connectivity index (χ0v) is 12.3. The number of unbranched alkanes of at least 4 members (excludes halogenated alkanes) is 1. The molecular weight excluding hydrogens is 276 g/mol. The standard InChI is InChI=1S/C11H21ClN2O3S/c1-10(15)14-7-4-11(5-8-14)13-18(16,17)9-3-2-6-12/h11,13H,2-9H2,1H3. The van der Waals surface area contributed by atoms with Crippen molar-refractivity contribution in [3.8, 4) is 0 Å². The molecule has 1 aliphatic rings. The Hall–Kier alpha value is -0.330. The molecule has 106 valence electrons. The van der Waals surface area contributed by atoms with Crippen molar-refractivity contribution in [3.63, 3.8) is 0 Å². The average molecular weight is 297 g/mol. The number of carbonyl (C=O) groups excluding carboxylic acids is 1. The van der Waals surface area contributed by atoms with E-state index in [9.17, 15) is 13.2 Å². The van der Waals surface area contributed by atoms with Gasteiger partial charge in [0.15, 0.2) is 0 Å². The molecule has 0 spiro atoms. The molecule has 1 rings (SSSR count). The number of rotatable bonds is 6. The zero-order chi connectivity index (χ0) is 13.6. The fraction of sp³-hybridized carbons (Fsp3) is 0.909. The lowest BCUT2D eigenvalue weighted by atomic mass is 10.1. The average Bonchev–Trinajstić information content (AvgIpc) is 2.29. The molecule has 1 amide bonds. The summed E-state index contributed by atoms with van der Waals surface area (Å²) >= 11 is 5.52. The highest BCUT2D eigenvalue weighted by molar-refractivity contribution is 7.89. The van der Waals surface area contributed by atoms with E-state index in [1.165, 1.54) is 6.92 Å². The normalized spacial score (nSPS) is 18.0. The maximum absolute atomic E-state index is 11.8. The van der Waals surface area contributed by atoms with Crippen LogP contribution in [0.2, 0.25) is 0 Å². The quantitative estimate of drug-likeness (QED) is 0.586. The molecule has 0 bridgehead atoms. The lowest BCUT2D eigenvalue weighted by Crippen LogP contribution is -2.46. The second kappa shape index (κ2) is 7.31. The summed E-state index contributed by atoms with van der Waals surface area (Å²) in [4.78, 5) is 12.9. The van der Waals surface area contributed by atoms with Crippen LogP contribution in [0, 0.1) is 0 Å². The Morgan fingerprint density at radius 2 is 1.94 bits per heavy atom. The van der Waals surface area contributed by atoms with Gasteiger partial charge < -0.3 is 4.90 Å². The van der Waals surface area contributed by atoms with Crippen LogP contribution in [0.1, 0.15) is 32.6 Å². The third-order valence-electron chi connectivity index (χ3n) is 3.08. The van der Waals surface area contributed by atoms with Crippen LogP contribution in [0.25, 0.3) is 0 Å². The van der Waals surface area contributed by atoms with E-state index >= 15 is 0 Å². The van der Waals surface area contributed by atoms with Crippen LogP contribution >= 0.6 is 11.6 Å². The molecule has 0 radical (unpaired) electrons. The summed E-state index contributed by atoms with van der Waals surface area (Å²) in [5, 5.41) is 0. The van der Waals surface area contributed by atoms with E-state index in [0.717, 1.165) is 0 Å². The molecule has 5 nitrogen and oxygen atoms in total. The largest absolute Gasteiger partial charge is 0.343 e. The molecule has 0 aromatic heterocycles. The molecule has 0 aliphatic carbocycles. The summed E-state index contributed by atoms with van der Waals surface area (Å²) in [6.07, 6.45) is 2.68. The van der Waals surface area contributed by atoms with Crippen molar-refractivity contribution < 1.29 is 13.2 Å². The molecule has 0 unspecified atom stereocenters. The van der Waals surface area contributed by atoms with Crippen LogP contribution in [0.5, 0.6) is 0 Å². The van der Waals surface area contributed by atoms with Gasteiger partial charge in [-0.3, -0.25) is 4.79 Å². The molecule has 1 aliphatic heterocycles. The predicted molar refractivity (Wildman–Crippen MR) is 72.2 cm³/mol. The fourth-order valence-corrected chi connectivity index (χ4v) is 3.65. The van der Waals surface area contributed by atoms with Crippen LogP contribution in [-0.2, 0) is 14.8 Å². The number of nitrogens with zero attached hydrogens (tertiary/aromatic N) is 1. The topological polar surface area (TPSA) is 66.5 Å². The van der Waals surface area contributed by atoms with Gasteiger partial charge in [-0.25, -0.2) is 13.1 Å². The number of alkyl halides is 1. The van der Waals surface area contributed by atoms with Gasteiger partial charge in [0.1, 0.15) is 0 Å². The van der Waals surface area contributed by atoms with E-state index < -0.39 is 10.0 Å². The van der Waals surface area contributed by atoms with Crippen molar-refractivity contribution in [2.45, 2.75) is 38.6 Å². The van der Waals surface area contributed by atoms with Gasteiger partial charge in [-0.15, -0.1) is 11.6 Å². The molecule has 7 heteroatoms. The number of hydrogen-bond donors (Lipinski definition) is 1. The van der Waals surface area contributed by atoms with Gasteiger partial charge >= 0.3 is 0 Å². The first-order valence-corrected chi connectivity index (χ1v) is 8.45. The minimum Gasteiger partial charge on any atom is -0.343 e. The van der Waals surface area contributed by atoms with E-state index in [1.807, 2.05) is 0 Å². The van der Waals surface area contributed by atoms with E-state index in [4.69, 9.17) is 11.6 Å². The van der Waals surface area contributed by atoms with Crippen molar-refractivity contribution in [2.24, 2.45) is 0 Å². The van der Waals surface area contributed by atoms with Gasteiger partial charge in [0.2, 0.25) is 15.9 Å². The van der Waals surface area contributed by atoms with Crippen molar-refractivity contribution in [3.05, 3.63) is 0 Å². The highest BCUT2D eigenvalue weighted by Gasteiger charge is 2.24. The van der Waals surface area contributed by atoms with Gasteiger partial charge in [0, 0.05) is 31.9 Å². The number of hydrogen-bond acceptors (Lipinski definition) is 3. The minimum atomic E-state index is -3.20. The first kappa shape index (κ1) is 15.7. The third kappa shape index (κ3) is 5.54. The Kier molecular flexibility index (Phi) is 6.38. The second-order valence-corrected chi connectivity index (χ2v) is 6.86. The molecule has 0 aromatic carbocycles. The Labute approximate surface area is 114 Å². The SMILES string of the molecule is CC(=O)N1CCC(NS(=O)(=O)CCCCCl)CC1. The first-order valence-electron chi connectivity index (χ1n) is 6.26. The number of piperidine rings is 1. The van der Waals surface area contributed by atoms with Crippen LogP contribution in [0.15, 0.2) is 0 Å². The van der Waals surface area contributed by atoms with Crippen molar-refractivity contribution in [1.29, 1.82) is 0 Å². The van der Waals surface area contributed by atoms with Crippen molar-refractivity contribution >= 4 is 27.5 Å². The summed E-state index contributed by atoms with van der Waals surface area (Å²) in [6.45, 7) is 2.80. The lowest BCUT2D eigenvalue weighted by Gasteiger charge is -2.31.